The van der Waals surface area contributed by atoms with Crippen LogP contribution in [-0.4, -0.2) is 22.5 Å². The van der Waals surface area contributed by atoms with Crippen molar-refractivity contribution in [2.75, 3.05) is 5.32 Å². The van der Waals surface area contributed by atoms with Crippen LogP contribution in [0.4, 0.5) is 5.69 Å². The third-order valence-corrected chi connectivity index (χ3v) is 3.33. The predicted molar refractivity (Wildman–Crippen MR) is 72.6 cm³/mol. The molecule has 0 aliphatic rings. The van der Waals surface area contributed by atoms with Crippen LogP contribution in [0.3, 0.4) is 0 Å². The summed E-state index contributed by atoms with van der Waals surface area (Å²) in [5.74, 6) is -1.59. The highest BCUT2D eigenvalue weighted by molar-refractivity contribution is 9.10. The molecule has 4 N–H and O–H groups in total. The molecule has 0 bridgehead atoms. The number of rotatable bonds is 5. The standard InChI is InChI=1S/C12H15BrN2O3/c1-3-12(2,11(17)18)15-9-5-4-7(13)6-8(9)10(14)16/h4-6,15H,3H2,1-2H3,(H2,14,16)(H,17,18). The van der Waals surface area contributed by atoms with Gasteiger partial charge in [0.25, 0.3) is 5.91 Å². The van der Waals surface area contributed by atoms with Gasteiger partial charge in [-0.15, -0.1) is 0 Å². The van der Waals surface area contributed by atoms with E-state index in [4.69, 9.17) is 5.73 Å². The van der Waals surface area contributed by atoms with E-state index in [0.717, 1.165) is 0 Å². The van der Waals surface area contributed by atoms with Crippen molar-refractivity contribution in [3.05, 3.63) is 28.2 Å². The number of nitrogens with one attached hydrogen (secondary N) is 1. The molecule has 5 nitrogen and oxygen atoms in total. The Bertz CT molecular complexity index is 490. The molecule has 1 amide bonds. The molecule has 0 saturated carbocycles. The number of primary amides is 1. The second-order valence-corrected chi connectivity index (χ2v) is 5.09. The fraction of sp³-hybridized carbons (Fsp3) is 0.333. The van der Waals surface area contributed by atoms with Gasteiger partial charge in [0.1, 0.15) is 5.54 Å². The summed E-state index contributed by atoms with van der Waals surface area (Å²) >= 11 is 3.24. The first kappa shape index (κ1) is 14.5. The fourth-order valence-corrected chi connectivity index (χ4v) is 1.78. The lowest BCUT2D eigenvalue weighted by atomic mass is 9.98. The van der Waals surface area contributed by atoms with E-state index in [1.165, 1.54) is 0 Å². The summed E-state index contributed by atoms with van der Waals surface area (Å²) in [6.45, 7) is 3.31. The van der Waals surface area contributed by atoms with Gasteiger partial charge in [0.15, 0.2) is 0 Å². The first-order chi connectivity index (χ1) is 8.30. The van der Waals surface area contributed by atoms with Gasteiger partial charge < -0.3 is 16.2 Å². The van der Waals surface area contributed by atoms with E-state index in [1.54, 1.807) is 32.0 Å². The quantitative estimate of drug-likeness (QED) is 0.777. The molecule has 1 aromatic carbocycles. The first-order valence-electron chi connectivity index (χ1n) is 5.41. The van der Waals surface area contributed by atoms with E-state index in [1.807, 2.05) is 0 Å². The van der Waals surface area contributed by atoms with Crippen molar-refractivity contribution in [1.29, 1.82) is 0 Å². The molecule has 1 unspecified atom stereocenters. The highest BCUT2D eigenvalue weighted by Crippen LogP contribution is 2.25. The number of aliphatic carboxylic acids is 1. The van der Waals surface area contributed by atoms with Crippen molar-refractivity contribution in [3.63, 3.8) is 0 Å². The number of hydrogen-bond acceptors (Lipinski definition) is 3. The first-order valence-corrected chi connectivity index (χ1v) is 6.20. The van der Waals surface area contributed by atoms with Crippen LogP contribution in [0.15, 0.2) is 22.7 Å². The maximum Gasteiger partial charge on any atom is 0.329 e. The smallest absolute Gasteiger partial charge is 0.329 e. The molecule has 0 radical (unpaired) electrons. The van der Waals surface area contributed by atoms with Gasteiger partial charge in [-0.05, 0) is 31.5 Å². The van der Waals surface area contributed by atoms with Gasteiger partial charge in [0, 0.05) is 10.2 Å². The normalized spacial score (nSPS) is 13.7. The Kier molecular flexibility index (Phi) is 4.34. The van der Waals surface area contributed by atoms with Crippen LogP contribution in [0.1, 0.15) is 30.6 Å². The Hall–Kier alpha value is -1.56. The van der Waals surface area contributed by atoms with Crippen molar-refractivity contribution in [3.8, 4) is 0 Å². The van der Waals surface area contributed by atoms with Crippen LogP contribution < -0.4 is 11.1 Å². The largest absolute Gasteiger partial charge is 0.480 e. The third kappa shape index (κ3) is 3.01. The Morgan fingerprint density at radius 2 is 2.11 bits per heavy atom. The Morgan fingerprint density at radius 1 is 1.50 bits per heavy atom. The molecule has 98 valence electrons. The monoisotopic (exact) mass is 314 g/mol. The number of benzene rings is 1. The minimum atomic E-state index is -1.14. The van der Waals surface area contributed by atoms with E-state index in [2.05, 4.69) is 21.2 Å². The average Bonchev–Trinajstić information content (AvgIpc) is 2.30. The minimum Gasteiger partial charge on any atom is -0.480 e. The summed E-state index contributed by atoms with van der Waals surface area (Å²) in [6.07, 6.45) is 0.372. The zero-order chi connectivity index (χ0) is 13.9. The number of hydrogen-bond donors (Lipinski definition) is 3. The highest BCUT2D eigenvalue weighted by atomic mass is 79.9. The number of carbonyl (C=O) groups is 2. The number of carboxylic acids is 1. The molecule has 0 fully saturated rings. The summed E-state index contributed by atoms with van der Waals surface area (Å²) in [7, 11) is 0. The molecule has 0 heterocycles. The van der Waals surface area contributed by atoms with Gasteiger partial charge in [-0.3, -0.25) is 4.79 Å². The maximum absolute atomic E-state index is 11.3. The molecule has 0 aromatic heterocycles. The number of halogens is 1. The van der Waals surface area contributed by atoms with Crippen LogP contribution in [-0.2, 0) is 4.79 Å². The fourth-order valence-electron chi connectivity index (χ4n) is 1.42. The van der Waals surface area contributed by atoms with Crippen molar-refractivity contribution in [2.24, 2.45) is 5.73 Å². The van der Waals surface area contributed by atoms with Gasteiger partial charge in [0.2, 0.25) is 0 Å². The van der Waals surface area contributed by atoms with Gasteiger partial charge in [-0.2, -0.15) is 0 Å². The molecule has 1 aromatic rings. The van der Waals surface area contributed by atoms with E-state index < -0.39 is 17.4 Å². The second-order valence-electron chi connectivity index (χ2n) is 4.17. The predicted octanol–water partition coefficient (Wildman–Crippen LogP) is 2.21. The SMILES string of the molecule is CCC(C)(Nc1ccc(Br)cc1C(N)=O)C(=O)O. The number of anilines is 1. The second kappa shape index (κ2) is 5.39. The highest BCUT2D eigenvalue weighted by Gasteiger charge is 2.31. The molecule has 1 atom stereocenters. The molecule has 1 rings (SSSR count). The van der Waals surface area contributed by atoms with Crippen molar-refractivity contribution >= 4 is 33.5 Å². The van der Waals surface area contributed by atoms with Gasteiger partial charge in [-0.1, -0.05) is 22.9 Å². The molecule has 0 spiro atoms. The Balaban J connectivity index is 3.18. The van der Waals surface area contributed by atoms with Crippen LogP contribution in [0.5, 0.6) is 0 Å². The molecule has 0 saturated heterocycles. The summed E-state index contributed by atoms with van der Waals surface area (Å²) in [5.41, 5.74) is 4.80. The van der Waals surface area contributed by atoms with Crippen LogP contribution >= 0.6 is 15.9 Å². The van der Waals surface area contributed by atoms with E-state index in [9.17, 15) is 14.7 Å². The lowest BCUT2D eigenvalue weighted by Crippen LogP contribution is -2.43. The topological polar surface area (TPSA) is 92.4 Å². The Labute approximate surface area is 113 Å². The molecule has 0 aliphatic carbocycles. The van der Waals surface area contributed by atoms with Crippen molar-refractivity contribution in [1.82, 2.24) is 0 Å². The lowest BCUT2D eigenvalue weighted by molar-refractivity contribution is -0.141. The zero-order valence-electron chi connectivity index (χ0n) is 10.2. The number of nitrogens with two attached hydrogens (primary N) is 1. The van der Waals surface area contributed by atoms with Crippen LogP contribution in [0.25, 0.3) is 0 Å². The number of carbonyl (C=O) groups excluding carboxylic acids is 1. The summed E-state index contributed by atoms with van der Waals surface area (Å²) < 4.78 is 0.704. The molecule has 18 heavy (non-hydrogen) atoms. The number of amides is 1. The minimum absolute atomic E-state index is 0.255. The van der Waals surface area contributed by atoms with Crippen molar-refractivity contribution < 1.29 is 14.7 Å². The van der Waals surface area contributed by atoms with Crippen molar-refractivity contribution in [2.45, 2.75) is 25.8 Å². The molecular formula is C12H15BrN2O3. The zero-order valence-corrected chi connectivity index (χ0v) is 11.7. The molecule has 0 aliphatic heterocycles. The number of carboxylic acid groups (broad SMARTS) is 1. The molecule has 6 heteroatoms. The maximum atomic E-state index is 11.3. The van der Waals surface area contributed by atoms with Crippen LogP contribution in [0, 0.1) is 0 Å². The summed E-state index contributed by atoms with van der Waals surface area (Å²) in [5, 5.41) is 12.1. The summed E-state index contributed by atoms with van der Waals surface area (Å²) in [6, 6.07) is 4.90. The van der Waals surface area contributed by atoms with E-state index in [-0.39, 0.29) is 5.56 Å². The van der Waals surface area contributed by atoms with E-state index >= 15 is 0 Å². The molecular weight excluding hydrogens is 300 g/mol. The average molecular weight is 315 g/mol. The lowest BCUT2D eigenvalue weighted by Gasteiger charge is -2.27. The van der Waals surface area contributed by atoms with E-state index in [0.29, 0.717) is 16.6 Å². The van der Waals surface area contributed by atoms with Crippen LogP contribution in [0.2, 0.25) is 0 Å². The van der Waals surface area contributed by atoms with Gasteiger partial charge >= 0.3 is 5.97 Å². The van der Waals surface area contributed by atoms with Gasteiger partial charge in [-0.25, -0.2) is 4.79 Å². The van der Waals surface area contributed by atoms with Gasteiger partial charge in [0.05, 0.1) is 5.56 Å². The Morgan fingerprint density at radius 3 is 2.56 bits per heavy atom. The summed E-state index contributed by atoms with van der Waals surface area (Å²) in [4.78, 5) is 22.5. The third-order valence-electron chi connectivity index (χ3n) is 2.84.